The molecule has 0 atom stereocenters. The number of nitrogens with one attached hydrogen (secondary N) is 1. The molecule has 0 aromatic heterocycles. The van der Waals surface area contributed by atoms with Crippen LogP contribution in [-0.4, -0.2) is 22.1 Å². The van der Waals surface area contributed by atoms with Gasteiger partial charge in [-0.05, 0) is 31.1 Å². The van der Waals surface area contributed by atoms with Gasteiger partial charge < -0.3 is 4.43 Å². The summed E-state index contributed by atoms with van der Waals surface area (Å²) < 4.78 is 5.93. The van der Waals surface area contributed by atoms with Crippen LogP contribution in [0.3, 0.4) is 0 Å². The lowest BCUT2D eigenvalue weighted by Gasteiger charge is -2.42. The molecular weight excluding hydrogens is 178 g/mol. The van der Waals surface area contributed by atoms with Crippen LogP contribution in [-0.2, 0) is 4.43 Å². The summed E-state index contributed by atoms with van der Waals surface area (Å²) in [4.78, 5) is 0. The van der Waals surface area contributed by atoms with Crippen LogP contribution in [0.15, 0.2) is 0 Å². The predicted octanol–water partition coefficient (Wildman–Crippen LogP) is 2.82. The third-order valence-electron chi connectivity index (χ3n) is 3.57. The van der Waals surface area contributed by atoms with E-state index in [1.54, 1.807) is 0 Å². The van der Waals surface area contributed by atoms with Crippen molar-refractivity contribution in [3.8, 4) is 0 Å². The number of hydrogen-bond acceptors (Lipinski definition) is 2. The molecule has 0 aromatic carbocycles. The summed E-state index contributed by atoms with van der Waals surface area (Å²) in [5.41, 5.74) is 0. The van der Waals surface area contributed by atoms with Gasteiger partial charge in [0.15, 0.2) is 8.32 Å². The highest BCUT2D eigenvalue weighted by Crippen LogP contribution is 2.44. The summed E-state index contributed by atoms with van der Waals surface area (Å²) in [6.45, 7) is 14.5. The summed E-state index contributed by atoms with van der Waals surface area (Å²) in [6.07, 6.45) is 0. The van der Waals surface area contributed by atoms with Crippen LogP contribution in [0.2, 0.25) is 18.1 Å². The van der Waals surface area contributed by atoms with E-state index in [-0.39, 0.29) is 0 Å². The summed E-state index contributed by atoms with van der Waals surface area (Å²) in [5.74, 6) is 0.672. The Morgan fingerprint density at radius 3 is 2.08 bits per heavy atom. The molecule has 0 spiro atoms. The summed E-state index contributed by atoms with van der Waals surface area (Å²) in [6, 6.07) is 0. The fraction of sp³-hybridized carbons (Fsp3) is 1.00. The molecule has 0 aliphatic carbocycles. The van der Waals surface area contributed by atoms with E-state index in [1.807, 2.05) is 7.05 Å². The fourth-order valence-corrected chi connectivity index (χ4v) is 3.40. The molecule has 0 aliphatic rings. The van der Waals surface area contributed by atoms with Crippen molar-refractivity contribution in [3.63, 3.8) is 0 Å². The molecule has 0 radical (unpaired) electrons. The first kappa shape index (κ1) is 13.1. The van der Waals surface area contributed by atoms with E-state index in [9.17, 15) is 0 Å². The summed E-state index contributed by atoms with van der Waals surface area (Å²) in [5, 5.41) is 3.37. The second-order valence-electron chi connectivity index (χ2n) is 5.03. The number of rotatable bonds is 5. The smallest absolute Gasteiger partial charge is 0.194 e. The first-order valence-corrected chi connectivity index (χ1v) is 7.95. The molecule has 0 amide bonds. The molecule has 2 nitrogen and oxygen atoms in total. The van der Waals surface area contributed by atoms with Gasteiger partial charge in [0.2, 0.25) is 0 Å². The Hall–Kier alpha value is 0.137. The monoisotopic (exact) mass is 203 g/mol. The molecule has 0 saturated heterocycles. The highest BCUT2D eigenvalue weighted by Gasteiger charge is 2.42. The molecule has 0 heterocycles. The maximum Gasteiger partial charge on any atom is 0.194 e. The van der Waals surface area contributed by atoms with Crippen LogP contribution < -0.4 is 5.32 Å². The highest BCUT2D eigenvalue weighted by molar-refractivity contribution is 6.74. The van der Waals surface area contributed by atoms with Gasteiger partial charge >= 0.3 is 0 Å². The lowest BCUT2D eigenvalue weighted by atomic mass is 9.99. The summed E-state index contributed by atoms with van der Waals surface area (Å²) in [7, 11) is 0.346. The molecule has 0 aromatic rings. The first-order chi connectivity index (χ1) is 5.75. The molecular formula is C10H25NOSi. The Bertz CT molecular complexity index is 155. The van der Waals surface area contributed by atoms with Gasteiger partial charge in [-0.25, -0.2) is 0 Å². The van der Waals surface area contributed by atoms with Gasteiger partial charge in [0.1, 0.15) is 0 Å². The largest absolute Gasteiger partial charge is 0.404 e. The minimum absolute atomic E-state index is 0.323. The summed E-state index contributed by atoms with van der Waals surface area (Å²) >= 11 is 0. The fourth-order valence-electron chi connectivity index (χ4n) is 1.13. The maximum atomic E-state index is 5.93. The topological polar surface area (TPSA) is 21.3 Å². The van der Waals surface area contributed by atoms with Gasteiger partial charge in [-0.15, -0.1) is 0 Å². The van der Waals surface area contributed by atoms with Gasteiger partial charge in [-0.2, -0.15) is 0 Å². The van der Waals surface area contributed by atoms with Crippen LogP contribution >= 0.6 is 0 Å². The third-order valence-corrected chi connectivity index (χ3v) is 8.12. The van der Waals surface area contributed by atoms with Crippen molar-refractivity contribution in [2.75, 3.05) is 13.8 Å². The van der Waals surface area contributed by atoms with Crippen LogP contribution in [0.4, 0.5) is 0 Å². The third kappa shape index (κ3) is 3.08. The highest BCUT2D eigenvalue weighted by atomic mass is 28.4. The zero-order valence-corrected chi connectivity index (χ0v) is 11.2. The van der Waals surface area contributed by atoms with Crippen LogP contribution in [0.25, 0.3) is 0 Å². The molecule has 80 valence electrons. The Morgan fingerprint density at radius 1 is 1.31 bits per heavy atom. The van der Waals surface area contributed by atoms with Crippen molar-refractivity contribution in [2.45, 2.75) is 45.8 Å². The molecule has 0 aliphatic heterocycles. The van der Waals surface area contributed by atoms with Gasteiger partial charge in [0.25, 0.3) is 0 Å². The molecule has 0 rings (SSSR count). The molecule has 0 saturated carbocycles. The number of hydrogen-bond donors (Lipinski definition) is 1. The van der Waals surface area contributed by atoms with E-state index in [1.165, 1.54) is 0 Å². The van der Waals surface area contributed by atoms with Gasteiger partial charge in [0, 0.05) is 0 Å². The lowest BCUT2D eigenvalue weighted by molar-refractivity contribution is 0.251. The van der Waals surface area contributed by atoms with Crippen LogP contribution in [0, 0.1) is 5.92 Å². The van der Waals surface area contributed by atoms with E-state index in [4.69, 9.17) is 4.43 Å². The average molecular weight is 203 g/mol. The van der Waals surface area contributed by atoms with Crippen LogP contribution in [0.5, 0.6) is 0 Å². The van der Waals surface area contributed by atoms with E-state index < -0.39 is 8.32 Å². The minimum atomic E-state index is -1.58. The maximum absolute atomic E-state index is 5.93. The quantitative estimate of drug-likeness (QED) is 0.548. The van der Waals surface area contributed by atoms with Crippen LogP contribution in [0.1, 0.15) is 27.7 Å². The van der Waals surface area contributed by atoms with Gasteiger partial charge in [-0.3, -0.25) is 5.32 Å². The first-order valence-electron chi connectivity index (χ1n) is 5.04. The SMILES string of the molecule is CNCO[Si](C)(C)C(C)(C)C(C)C. The van der Waals surface area contributed by atoms with Crippen molar-refractivity contribution in [1.82, 2.24) is 5.32 Å². The Kier molecular flexibility index (Phi) is 4.62. The lowest BCUT2D eigenvalue weighted by Crippen LogP contribution is -2.46. The molecule has 0 bridgehead atoms. The Labute approximate surface area is 84.2 Å². The van der Waals surface area contributed by atoms with Crippen molar-refractivity contribution in [1.29, 1.82) is 0 Å². The van der Waals surface area contributed by atoms with Crippen molar-refractivity contribution in [2.24, 2.45) is 5.92 Å². The molecule has 1 N–H and O–H groups in total. The van der Waals surface area contributed by atoms with Crippen molar-refractivity contribution < 1.29 is 4.43 Å². The second kappa shape index (κ2) is 4.58. The van der Waals surface area contributed by atoms with E-state index >= 15 is 0 Å². The van der Waals surface area contributed by atoms with Gasteiger partial charge in [0.05, 0.1) is 6.73 Å². The molecule has 3 heteroatoms. The van der Waals surface area contributed by atoms with Crippen molar-refractivity contribution in [3.05, 3.63) is 0 Å². The molecule has 0 unspecified atom stereocenters. The second-order valence-corrected chi connectivity index (χ2v) is 9.63. The van der Waals surface area contributed by atoms with E-state index in [0.717, 1.165) is 0 Å². The Balaban J connectivity index is 4.41. The predicted molar refractivity (Wildman–Crippen MR) is 61.4 cm³/mol. The van der Waals surface area contributed by atoms with Gasteiger partial charge in [-0.1, -0.05) is 27.7 Å². The average Bonchev–Trinajstić information content (AvgIpc) is 2.00. The molecule has 13 heavy (non-hydrogen) atoms. The molecule has 0 fully saturated rings. The zero-order chi connectivity index (χ0) is 10.7. The zero-order valence-electron chi connectivity index (χ0n) is 10.2. The minimum Gasteiger partial charge on any atom is -0.404 e. The standard InChI is InChI=1S/C10H25NOSi/c1-9(2)10(3,4)13(6,7)12-8-11-5/h9,11H,8H2,1-7H3. The Morgan fingerprint density at radius 2 is 1.77 bits per heavy atom. The normalized spacial score (nSPS) is 13.8. The van der Waals surface area contributed by atoms with E-state index in [0.29, 0.717) is 17.7 Å². The van der Waals surface area contributed by atoms with E-state index in [2.05, 4.69) is 46.1 Å². The van der Waals surface area contributed by atoms with Crippen molar-refractivity contribution >= 4 is 8.32 Å².